The minimum Gasteiger partial charge on any atom is -0.478 e. The highest BCUT2D eigenvalue weighted by Crippen LogP contribution is 2.01. The van der Waals surface area contributed by atoms with Crippen molar-refractivity contribution in [2.75, 3.05) is 0 Å². The van der Waals surface area contributed by atoms with Gasteiger partial charge in [-0.05, 0) is 26.0 Å². The van der Waals surface area contributed by atoms with Gasteiger partial charge in [-0.2, -0.15) is 0 Å². The van der Waals surface area contributed by atoms with E-state index >= 15 is 0 Å². The second kappa shape index (κ2) is 5.94. The molecule has 0 aliphatic rings. The highest BCUT2D eigenvalue weighted by atomic mass is 16.4. The Morgan fingerprint density at radius 1 is 1.31 bits per heavy atom. The predicted molar refractivity (Wildman–Crippen MR) is 49.9 cm³/mol. The number of hydrogen-bond donors (Lipinski definition) is 1. The van der Waals surface area contributed by atoms with Gasteiger partial charge < -0.3 is 9.90 Å². The van der Waals surface area contributed by atoms with Gasteiger partial charge in [-0.1, -0.05) is 17.7 Å². The van der Waals surface area contributed by atoms with Crippen LogP contribution in [0.5, 0.6) is 0 Å². The van der Waals surface area contributed by atoms with Crippen LogP contribution in [0.2, 0.25) is 0 Å². The summed E-state index contributed by atoms with van der Waals surface area (Å²) in [6.45, 7) is 3.37. The minimum atomic E-state index is -0.875. The minimum absolute atomic E-state index is 0.339. The van der Waals surface area contributed by atoms with E-state index in [2.05, 4.69) is 0 Å². The molecule has 0 unspecified atom stereocenters. The van der Waals surface area contributed by atoms with Crippen LogP contribution in [0.25, 0.3) is 0 Å². The van der Waals surface area contributed by atoms with Crippen molar-refractivity contribution in [2.45, 2.75) is 13.8 Å². The summed E-state index contributed by atoms with van der Waals surface area (Å²) in [6.07, 6.45) is 0.750. The number of rotatable bonds is 1. The van der Waals surface area contributed by atoms with E-state index in [1.807, 2.05) is 6.92 Å². The van der Waals surface area contributed by atoms with Crippen LogP contribution < -0.4 is 0 Å². The Bertz CT molecular complexity index is 275. The fourth-order valence-electron chi connectivity index (χ4n) is 0.696. The number of benzene rings is 1. The van der Waals surface area contributed by atoms with Gasteiger partial charge in [0.1, 0.15) is 6.29 Å². The zero-order chi connectivity index (χ0) is 10.3. The van der Waals surface area contributed by atoms with Crippen LogP contribution in [-0.4, -0.2) is 17.4 Å². The first kappa shape index (κ1) is 11.4. The molecule has 3 nitrogen and oxygen atoms in total. The number of carboxylic acids is 1. The molecule has 0 heterocycles. The molecule has 0 atom stereocenters. The van der Waals surface area contributed by atoms with E-state index < -0.39 is 5.97 Å². The fraction of sp³-hybridized carbons (Fsp3) is 0.200. The summed E-state index contributed by atoms with van der Waals surface area (Å²) >= 11 is 0. The quantitative estimate of drug-likeness (QED) is 0.671. The van der Waals surface area contributed by atoms with Crippen molar-refractivity contribution >= 4 is 12.3 Å². The summed E-state index contributed by atoms with van der Waals surface area (Å²) in [5.74, 6) is -0.875. The Morgan fingerprint density at radius 2 is 1.69 bits per heavy atom. The van der Waals surface area contributed by atoms with Crippen molar-refractivity contribution in [3.05, 3.63) is 35.4 Å². The molecule has 0 aliphatic heterocycles. The molecule has 1 aromatic rings. The van der Waals surface area contributed by atoms with E-state index in [9.17, 15) is 4.79 Å². The van der Waals surface area contributed by atoms with Crippen molar-refractivity contribution < 1.29 is 14.7 Å². The number of hydrogen-bond acceptors (Lipinski definition) is 2. The fourth-order valence-corrected chi connectivity index (χ4v) is 0.696. The lowest BCUT2D eigenvalue weighted by Gasteiger charge is -1.92. The van der Waals surface area contributed by atoms with E-state index in [-0.39, 0.29) is 0 Å². The lowest BCUT2D eigenvalue weighted by molar-refractivity contribution is -0.106. The molecule has 0 bridgehead atoms. The predicted octanol–water partition coefficient (Wildman–Crippen LogP) is 1.90. The molecule has 0 radical (unpaired) electrons. The lowest BCUT2D eigenvalue weighted by Crippen LogP contribution is -1.94. The molecule has 1 N–H and O–H groups in total. The Balaban J connectivity index is 0.000000424. The lowest BCUT2D eigenvalue weighted by atomic mass is 10.2. The number of aryl methyl sites for hydroxylation is 1. The highest BCUT2D eigenvalue weighted by Gasteiger charge is 1.98. The SMILES string of the molecule is CC=O.Cc1ccc(C(=O)O)cc1. The van der Waals surface area contributed by atoms with E-state index in [4.69, 9.17) is 9.90 Å². The standard InChI is InChI=1S/C8H8O2.C2H4O/c1-6-2-4-7(5-3-6)8(9)10;1-2-3/h2-5H,1H3,(H,9,10);2H,1H3. The molecule has 0 saturated heterocycles. The maximum absolute atomic E-state index is 10.3. The largest absolute Gasteiger partial charge is 0.478 e. The number of aldehydes is 1. The number of carboxylic acid groups (broad SMARTS) is 1. The van der Waals surface area contributed by atoms with Gasteiger partial charge in [0.05, 0.1) is 5.56 Å². The molecule has 0 spiro atoms. The maximum atomic E-state index is 10.3. The molecular formula is C10H12O3. The van der Waals surface area contributed by atoms with Crippen molar-refractivity contribution in [3.63, 3.8) is 0 Å². The van der Waals surface area contributed by atoms with Crippen LogP contribution in [0.1, 0.15) is 22.8 Å². The molecular weight excluding hydrogens is 168 g/mol. The number of aromatic carboxylic acids is 1. The second-order valence-electron chi connectivity index (χ2n) is 2.41. The first-order chi connectivity index (χ1) is 6.11. The molecule has 1 rings (SSSR count). The number of carbonyl (C=O) groups is 2. The van der Waals surface area contributed by atoms with Crippen molar-refractivity contribution in [3.8, 4) is 0 Å². The average molecular weight is 180 g/mol. The Kier molecular flexibility index (Phi) is 5.19. The van der Waals surface area contributed by atoms with Gasteiger partial charge in [0.25, 0.3) is 0 Å². The molecule has 0 saturated carbocycles. The van der Waals surface area contributed by atoms with E-state index in [1.165, 1.54) is 6.92 Å². The molecule has 1 aromatic carbocycles. The van der Waals surface area contributed by atoms with Gasteiger partial charge in [0, 0.05) is 0 Å². The van der Waals surface area contributed by atoms with Gasteiger partial charge in [-0.25, -0.2) is 4.79 Å². The van der Waals surface area contributed by atoms with Crippen LogP contribution in [-0.2, 0) is 4.79 Å². The second-order valence-corrected chi connectivity index (χ2v) is 2.41. The zero-order valence-corrected chi connectivity index (χ0v) is 7.65. The number of carbonyl (C=O) groups excluding carboxylic acids is 1. The van der Waals surface area contributed by atoms with Crippen molar-refractivity contribution in [2.24, 2.45) is 0 Å². The molecule has 70 valence electrons. The van der Waals surface area contributed by atoms with E-state index in [0.29, 0.717) is 5.56 Å². The smallest absolute Gasteiger partial charge is 0.335 e. The first-order valence-corrected chi connectivity index (χ1v) is 3.81. The molecule has 3 heteroatoms. The topological polar surface area (TPSA) is 54.4 Å². The molecule has 13 heavy (non-hydrogen) atoms. The molecule has 0 aromatic heterocycles. The van der Waals surface area contributed by atoms with Crippen molar-refractivity contribution in [1.82, 2.24) is 0 Å². The van der Waals surface area contributed by atoms with Gasteiger partial charge >= 0.3 is 5.97 Å². The summed E-state index contributed by atoms with van der Waals surface area (Å²) < 4.78 is 0. The summed E-state index contributed by atoms with van der Waals surface area (Å²) in [7, 11) is 0. The van der Waals surface area contributed by atoms with E-state index in [0.717, 1.165) is 11.8 Å². The van der Waals surface area contributed by atoms with Crippen molar-refractivity contribution in [1.29, 1.82) is 0 Å². The molecule has 0 fully saturated rings. The average Bonchev–Trinajstić information content (AvgIpc) is 2.06. The van der Waals surface area contributed by atoms with Gasteiger partial charge in [-0.15, -0.1) is 0 Å². The van der Waals surface area contributed by atoms with Gasteiger partial charge in [-0.3, -0.25) is 0 Å². The first-order valence-electron chi connectivity index (χ1n) is 3.81. The Hall–Kier alpha value is -1.64. The van der Waals surface area contributed by atoms with Crippen LogP contribution in [0.3, 0.4) is 0 Å². The zero-order valence-electron chi connectivity index (χ0n) is 7.65. The Morgan fingerprint density at radius 3 is 2.00 bits per heavy atom. The Labute approximate surface area is 77.0 Å². The maximum Gasteiger partial charge on any atom is 0.335 e. The van der Waals surface area contributed by atoms with Gasteiger partial charge in [0.15, 0.2) is 0 Å². The highest BCUT2D eigenvalue weighted by molar-refractivity contribution is 5.87. The van der Waals surface area contributed by atoms with Crippen LogP contribution in [0, 0.1) is 6.92 Å². The third kappa shape index (κ3) is 4.74. The summed E-state index contributed by atoms with van der Waals surface area (Å²) in [5.41, 5.74) is 1.41. The summed E-state index contributed by atoms with van der Waals surface area (Å²) in [6, 6.07) is 6.75. The monoisotopic (exact) mass is 180 g/mol. The third-order valence-corrected chi connectivity index (χ3v) is 1.30. The van der Waals surface area contributed by atoms with Crippen LogP contribution in [0.15, 0.2) is 24.3 Å². The summed E-state index contributed by atoms with van der Waals surface area (Å²) in [4.78, 5) is 19.1. The molecule has 0 amide bonds. The molecule has 0 aliphatic carbocycles. The van der Waals surface area contributed by atoms with E-state index in [1.54, 1.807) is 24.3 Å². The summed E-state index contributed by atoms with van der Waals surface area (Å²) in [5, 5.41) is 8.48. The normalized spacial score (nSPS) is 8.15. The van der Waals surface area contributed by atoms with Crippen LogP contribution in [0.4, 0.5) is 0 Å². The third-order valence-electron chi connectivity index (χ3n) is 1.30. The van der Waals surface area contributed by atoms with Crippen LogP contribution >= 0.6 is 0 Å². The van der Waals surface area contributed by atoms with Gasteiger partial charge in [0.2, 0.25) is 0 Å².